The number of rotatable bonds is 5. The molecule has 44 heavy (non-hydrogen) atoms. The minimum absolute atomic E-state index is 0. The first kappa shape index (κ1) is 31.5. The van der Waals surface area contributed by atoms with Crippen LogP contribution in [-0.4, -0.2) is 14.5 Å². The molecule has 7 rings (SSSR count). The van der Waals surface area contributed by atoms with E-state index in [0.29, 0.717) is 11.8 Å². The number of fused-ring (bicyclic) bond motifs is 2. The van der Waals surface area contributed by atoms with Crippen LogP contribution in [0.3, 0.4) is 0 Å². The monoisotopic (exact) mass is 770 g/mol. The molecule has 0 atom stereocenters. The van der Waals surface area contributed by atoms with Gasteiger partial charge in [0.25, 0.3) is 0 Å². The molecule has 0 aliphatic rings. The number of aryl methyl sites for hydroxylation is 1. The molecule has 0 spiro atoms. The molecule has 3 heterocycles. The predicted octanol–water partition coefficient (Wildman–Crippen LogP) is 10.8. The number of imidazole rings is 1. The van der Waals surface area contributed by atoms with Crippen molar-refractivity contribution in [3.63, 3.8) is 0 Å². The van der Waals surface area contributed by atoms with Crippen LogP contribution in [-0.2, 0) is 20.1 Å². The van der Waals surface area contributed by atoms with Gasteiger partial charge in [0.15, 0.2) is 0 Å². The first-order valence-corrected chi connectivity index (χ1v) is 15.6. The summed E-state index contributed by atoms with van der Waals surface area (Å²) in [6, 6.07) is 38.7. The van der Waals surface area contributed by atoms with Crippen LogP contribution in [0.15, 0.2) is 109 Å². The fraction of sp³-hybridized carbons (Fsp3) is 0.179. The average molecular weight is 770 g/mol. The average Bonchev–Trinajstić information content (AvgIpc) is 3.62. The molecular formula is C39H35IrN3S-2. The van der Waals surface area contributed by atoms with Gasteiger partial charge in [-0.15, -0.1) is 47.3 Å². The van der Waals surface area contributed by atoms with Crippen molar-refractivity contribution < 1.29 is 20.1 Å². The predicted molar refractivity (Wildman–Crippen MR) is 182 cm³/mol. The third-order valence-electron chi connectivity index (χ3n) is 7.67. The van der Waals surface area contributed by atoms with Crippen molar-refractivity contribution >= 4 is 32.5 Å². The fourth-order valence-corrected chi connectivity index (χ4v) is 6.34. The largest absolute Gasteiger partial charge is 0.333 e. The quantitative estimate of drug-likeness (QED) is 0.163. The maximum Gasteiger partial charge on any atom is 0.0774 e. The van der Waals surface area contributed by atoms with Crippen LogP contribution in [0, 0.1) is 18.4 Å². The molecule has 0 saturated heterocycles. The summed E-state index contributed by atoms with van der Waals surface area (Å²) in [6.07, 6.45) is 1.79. The Kier molecular flexibility index (Phi) is 9.90. The maximum atomic E-state index is 5.15. The van der Waals surface area contributed by atoms with E-state index in [1.807, 2.05) is 42.5 Å². The molecule has 4 aromatic carbocycles. The first-order valence-electron chi connectivity index (χ1n) is 14.8. The van der Waals surface area contributed by atoms with Crippen LogP contribution in [0.25, 0.3) is 49.5 Å². The molecule has 0 fully saturated rings. The van der Waals surface area contributed by atoms with Crippen LogP contribution in [0.2, 0.25) is 0 Å². The number of thiophene rings is 1. The zero-order valence-corrected chi connectivity index (χ0v) is 28.8. The Hall–Kier alpha value is -3.89. The second kappa shape index (κ2) is 13.8. The van der Waals surface area contributed by atoms with Crippen LogP contribution in [0.5, 0.6) is 0 Å². The molecule has 223 valence electrons. The molecule has 0 N–H and O–H groups in total. The van der Waals surface area contributed by atoms with Crippen LogP contribution >= 0.6 is 11.3 Å². The Bertz CT molecular complexity index is 1930. The van der Waals surface area contributed by atoms with Crippen molar-refractivity contribution in [1.82, 2.24) is 14.5 Å². The number of pyridine rings is 1. The van der Waals surface area contributed by atoms with Crippen molar-refractivity contribution in [3.8, 4) is 28.3 Å². The molecule has 5 heteroatoms. The van der Waals surface area contributed by atoms with Gasteiger partial charge in [-0.2, -0.15) is 0 Å². The third-order valence-corrected chi connectivity index (χ3v) is 8.55. The number of benzene rings is 4. The van der Waals surface area contributed by atoms with Crippen molar-refractivity contribution in [3.05, 3.63) is 137 Å². The van der Waals surface area contributed by atoms with Gasteiger partial charge in [0, 0.05) is 32.0 Å². The third kappa shape index (κ3) is 6.32. The molecule has 0 amide bonds. The van der Waals surface area contributed by atoms with Crippen molar-refractivity contribution in [2.45, 2.75) is 46.5 Å². The summed E-state index contributed by atoms with van der Waals surface area (Å²) in [6.45, 7) is 11.2. The second-order valence-electron chi connectivity index (χ2n) is 11.4. The number of hydrogen-bond donors (Lipinski definition) is 0. The van der Waals surface area contributed by atoms with Crippen molar-refractivity contribution in [2.75, 3.05) is 0 Å². The van der Waals surface area contributed by atoms with E-state index in [1.165, 1.54) is 32.5 Å². The Morgan fingerprint density at radius 1 is 0.773 bits per heavy atom. The van der Waals surface area contributed by atoms with Gasteiger partial charge in [-0.3, -0.25) is 16.3 Å². The number of aromatic nitrogens is 3. The maximum absolute atomic E-state index is 5.15. The van der Waals surface area contributed by atoms with Gasteiger partial charge < -0.3 is 9.55 Å². The van der Waals surface area contributed by atoms with Crippen LogP contribution in [0.1, 0.15) is 56.2 Å². The molecule has 7 aromatic rings. The van der Waals surface area contributed by atoms with E-state index in [2.05, 4.69) is 116 Å². The number of nitrogens with zero attached hydrogens (tertiary/aromatic N) is 3. The van der Waals surface area contributed by atoms with Crippen molar-refractivity contribution in [1.29, 1.82) is 0 Å². The molecule has 1 radical (unpaired) electrons. The van der Waals surface area contributed by atoms with Gasteiger partial charge in [-0.25, -0.2) is 0 Å². The molecule has 0 bridgehead atoms. The summed E-state index contributed by atoms with van der Waals surface area (Å²) in [4.78, 5) is 9.37. The summed E-state index contributed by atoms with van der Waals surface area (Å²) >= 11 is 1.67. The summed E-state index contributed by atoms with van der Waals surface area (Å²) < 4.78 is 3.64. The van der Waals surface area contributed by atoms with E-state index in [9.17, 15) is 0 Å². The van der Waals surface area contributed by atoms with E-state index in [4.69, 9.17) is 4.98 Å². The topological polar surface area (TPSA) is 30.7 Å². The normalized spacial score (nSPS) is 11.1. The summed E-state index contributed by atoms with van der Waals surface area (Å²) in [5, 5.41) is 4.82. The molecule has 3 aromatic heterocycles. The standard InChI is InChI=1S/C28H27N2S.C11H8N.Ir/c1-17(2)20-9-8-10-21(18(3)4)27(20)30-25-12-7-6-11-24(25)29-28(30)23-16-31-26-14-13-19(5)15-22(23)26;1-2-6-10(7-3-1)11-8-4-5-9-12-11;/h6-15,17-18H,1-5H3;1-6,8-9H;/q2*-1;. The number of para-hydroxylation sites is 3. The second-order valence-corrected chi connectivity index (χ2v) is 12.3. The van der Waals surface area contributed by atoms with Gasteiger partial charge >= 0.3 is 0 Å². The Morgan fingerprint density at radius 3 is 2.18 bits per heavy atom. The smallest absolute Gasteiger partial charge is 0.0774 e. The van der Waals surface area contributed by atoms with Gasteiger partial charge in [-0.05, 0) is 53.8 Å². The Morgan fingerprint density at radius 2 is 1.50 bits per heavy atom. The minimum Gasteiger partial charge on any atom is -0.333 e. The summed E-state index contributed by atoms with van der Waals surface area (Å²) in [7, 11) is 0. The molecule has 0 aliphatic heterocycles. The van der Waals surface area contributed by atoms with Gasteiger partial charge in [0.05, 0.1) is 16.9 Å². The summed E-state index contributed by atoms with van der Waals surface area (Å²) in [5.41, 5.74) is 10.5. The van der Waals surface area contributed by atoms with E-state index in [-0.39, 0.29) is 20.1 Å². The molecule has 0 saturated carbocycles. The van der Waals surface area contributed by atoms with E-state index >= 15 is 0 Å². The molecular weight excluding hydrogens is 735 g/mol. The Balaban J connectivity index is 0.000000248. The van der Waals surface area contributed by atoms with E-state index < -0.39 is 0 Å². The molecule has 0 unspecified atom stereocenters. The number of hydrogen-bond acceptors (Lipinski definition) is 3. The van der Waals surface area contributed by atoms with Gasteiger partial charge in [-0.1, -0.05) is 103 Å². The van der Waals surface area contributed by atoms with Gasteiger partial charge in [0.2, 0.25) is 0 Å². The molecule has 3 nitrogen and oxygen atoms in total. The van der Waals surface area contributed by atoms with Crippen LogP contribution in [0.4, 0.5) is 0 Å². The van der Waals surface area contributed by atoms with Crippen molar-refractivity contribution in [2.24, 2.45) is 0 Å². The zero-order valence-electron chi connectivity index (χ0n) is 25.6. The van der Waals surface area contributed by atoms with Gasteiger partial charge in [0.1, 0.15) is 0 Å². The fourth-order valence-electron chi connectivity index (χ4n) is 5.52. The molecule has 0 aliphatic carbocycles. The van der Waals surface area contributed by atoms with Crippen LogP contribution < -0.4 is 0 Å². The Labute approximate surface area is 278 Å². The first-order chi connectivity index (χ1) is 20.9. The minimum atomic E-state index is 0. The SMILES string of the molecule is Cc1ccc2s[c-]c(-c3nc4ccccc4n3-c3c(C(C)C)cccc3C(C)C)c2c1.[Ir].[c-]1ccccc1-c1ccccn1. The summed E-state index contributed by atoms with van der Waals surface area (Å²) in [5.74, 6) is 1.80. The van der Waals surface area contributed by atoms with E-state index in [1.54, 1.807) is 17.5 Å². The van der Waals surface area contributed by atoms with E-state index in [0.717, 1.165) is 33.7 Å². The zero-order chi connectivity index (χ0) is 29.9.